The molecule has 4 N–H and O–H groups in total. The molecule has 0 aliphatic heterocycles. The quantitative estimate of drug-likeness (QED) is 0.441. The Morgan fingerprint density at radius 1 is 1.31 bits per heavy atom. The van der Waals surface area contributed by atoms with Gasteiger partial charge in [0.25, 0.3) is 0 Å². The van der Waals surface area contributed by atoms with E-state index in [4.69, 9.17) is 18.1 Å². The molecule has 16 heavy (non-hydrogen) atoms. The summed E-state index contributed by atoms with van der Waals surface area (Å²) in [5.41, 5.74) is 1.98. The van der Waals surface area contributed by atoms with Gasteiger partial charge < -0.3 is 10.8 Å². The Hall–Kier alpha value is -2.08. The molecular weight excluding hydrogens is 222 g/mol. The number of rotatable bonds is 1. The van der Waals surface area contributed by atoms with Crippen molar-refractivity contribution in [3.8, 4) is 11.4 Å². The van der Waals surface area contributed by atoms with Crippen LogP contribution in [-0.2, 0) is 0 Å². The summed E-state index contributed by atoms with van der Waals surface area (Å²) >= 11 is 4.98. The van der Waals surface area contributed by atoms with E-state index in [2.05, 4.69) is 15.2 Å². The minimum Gasteiger partial charge on any atom is -0.360 e. The number of aromatic amines is 2. The van der Waals surface area contributed by atoms with Crippen LogP contribution in [0.4, 0.5) is 0 Å². The molecule has 80 valence electrons. The molecule has 2 heterocycles. The lowest BCUT2D eigenvalue weighted by Crippen LogP contribution is -2.09. The monoisotopic (exact) mass is 231 g/mol. The van der Waals surface area contributed by atoms with E-state index < -0.39 is 0 Å². The minimum absolute atomic E-state index is 0.403. The Kier molecular flexibility index (Phi) is 1.84. The third-order valence-electron chi connectivity index (χ3n) is 2.53. The van der Waals surface area contributed by atoms with E-state index in [0.717, 1.165) is 16.5 Å². The van der Waals surface area contributed by atoms with E-state index in [0.29, 0.717) is 10.6 Å². The summed E-state index contributed by atoms with van der Waals surface area (Å²) < 4.78 is 1.77. The first-order valence-corrected chi connectivity index (χ1v) is 5.17. The van der Waals surface area contributed by atoms with Crippen molar-refractivity contribution in [1.82, 2.24) is 19.9 Å². The van der Waals surface area contributed by atoms with Gasteiger partial charge in [0.15, 0.2) is 5.82 Å². The molecule has 5 nitrogen and oxygen atoms in total. The van der Waals surface area contributed by atoms with Crippen molar-refractivity contribution in [2.75, 3.05) is 5.84 Å². The summed E-state index contributed by atoms with van der Waals surface area (Å²) in [5, 5.41) is 7.85. The van der Waals surface area contributed by atoms with Gasteiger partial charge in [-0.3, -0.25) is 0 Å². The van der Waals surface area contributed by atoms with Crippen LogP contribution >= 0.6 is 12.2 Å². The van der Waals surface area contributed by atoms with Crippen LogP contribution in [0, 0.1) is 4.77 Å². The molecule has 0 aliphatic rings. The van der Waals surface area contributed by atoms with Gasteiger partial charge in [0.1, 0.15) is 0 Å². The summed E-state index contributed by atoms with van der Waals surface area (Å²) in [6.45, 7) is 0. The molecule has 0 aliphatic carbocycles. The van der Waals surface area contributed by atoms with Gasteiger partial charge >= 0.3 is 0 Å². The van der Waals surface area contributed by atoms with E-state index in [9.17, 15) is 0 Å². The Morgan fingerprint density at radius 3 is 2.88 bits per heavy atom. The second-order valence-corrected chi connectivity index (χ2v) is 3.86. The Morgan fingerprint density at radius 2 is 2.12 bits per heavy atom. The first-order valence-electron chi connectivity index (χ1n) is 4.76. The highest BCUT2D eigenvalue weighted by Gasteiger charge is 2.11. The van der Waals surface area contributed by atoms with E-state index >= 15 is 0 Å². The average molecular weight is 231 g/mol. The fourth-order valence-corrected chi connectivity index (χ4v) is 1.88. The van der Waals surface area contributed by atoms with Gasteiger partial charge in [0, 0.05) is 22.7 Å². The maximum absolute atomic E-state index is 5.79. The topological polar surface area (TPSA) is 75.4 Å². The first-order chi connectivity index (χ1) is 7.77. The fourth-order valence-electron chi connectivity index (χ4n) is 1.75. The lowest BCUT2D eigenvalue weighted by Gasteiger charge is -1.97. The Bertz CT molecular complexity index is 705. The molecule has 0 fully saturated rings. The number of H-pyrrole nitrogens is 2. The van der Waals surface area contributed by atoms with Crippen LogP contribution in [0.15, 0.2) is 30.5 Å². The predicted octanol–water partition coefficient (Wildman–Crippen LogP) is 1.80. The number of nitrogens with two attached hydrogens (primary N) is 1. The number of aromatic nitrogens is 4. The van der Waals surface area contributed by atoms with Crippen LogP contribution in [-0.4, -0.2) is 19.9 Å². The standard InChI is InChI=1S/C10H9N5S/c11-15-9(13-14-10(15)16)7-5-12-8-4-2-1-3-6(7)8/h1-5,12H,11H2,(H,14,16). The van der Waals surface area contributed by atoms with E-state index in [1.807, 2.05) is 30.5 Å². The molecule has 0 radical (unpaired) electrons. The lowest BCUT2D eigenvalue weighted by atomic mass is 10.2. The van der Waals surface area contributed by atoms with Gasteiger partial charge in [-0.1, -0.05) is 18.2 Å². The zero-order valence-electron chi connectivity index (χ0n) is 8.27. The zero-order valence-corrected chi connectivity index (χ0v) is 9.08. The molecule has 0 saturated heterocycles. The van der Waals surface area contributed by atoms with Crippen molar-refractivity contribution in [2.24, 2.45) is 0 Å². The van der Waals surface area contributed by atoms with E-state index in [-0.39, 0.29) is 0 Å². The second-order valence-electron chi connectivity index (χ2n) is 3.47. The largest absolute Gasteiger partial charge is 0.360 e. The smallest absolute Gasteiger partial charge is 0.214 e. The van der Waals surface area contributed by atoms with E-state index in [1.54, 1.807) is 0 Å². The number of benzene rings is 1. The van der Waals surface area contributed by atoms with Crippen LogP contribution < -0.4 is 5.84 Å². The van der Waals surface area contributed by atoms with Crippen molar-refractivity contribution in [2.45, 2.75) is 0 Å². The number of nitrogen functional groups attached to an aromatic ring is 1. The average Bonchev–Trinajstić information content (AvgIpc) is 2.85. The van der Waals surface area contributed by atoms with E-state index in [1.165, 1.54) is 4.68 Å². The van der Waals surface area contributed by atoms with Gasteiger partial charge in [-0.2, -0.15) is 5.10 Å². The number of para-hydroxylation sites is 1. The zero-order chi connectivity index (χ0) is 11.1. The highest BCUT2D eigenvalue weighted by atomic mass is 32.1. The van der Waals surface area contributed by atoms with Gasteiger partial charge in [0.2, 0.25) is 4.77 Å². The number of hydrogen-bond donors (Lipinski definition) is 3. The third kappa shape index (κ3) is 1.17. The summed E-state index contributed by atoms with van der Waals surface area (Å²) in [6, 6.07) is 7.96. The molecule has 0 amide bonds. The predicted molar refractivity (Wildman–Crippen MR) is 64.9 cm³/mol. The molecular formula is C10H9N5S. The second kappa shape index (κ2) is 3.21. The molecule has 3 aromatic rings. The summed E-state index contributed by atoms with van der Waals surface area (Å²) in [4.78, 5) is 3.17. The molecule has 0 spiro atoms. The highest BCUT2D eigenvalue weighted by Crippen LogP contribution is 2.25. The fraction of sp³-hybridized carbons (Fsp3) is 0. The maximum Gasteiger partial charge on any atom is 0.214 e. The Labute approximate surface area is 95.9 Å². The van der Waals surface area contributed by atoms with Crippen molar-refractivity contribution in [1.29, 1.82) is 0 Å². The third-order valence-corrected chi connectivity index (χ3v) is 2.82. The first kappa shape index (κ1) is 9.17. The summed E-state index contributed by atoms with van der Waals surface area (Å²) in [7, 11) is 0. The lowest BCUT2D eigenvalue weighted by molar-refractivity contribution is 0.985. The molecule has 0 atom stereocenters. The van der Waals surface area contributed by atoms with Gasteiger partial charge in [-0.25, -0.2) is 9.77 Å². The highest BCUT2D eigenvalue weighted by molar-refractivity contribution is 7.71. The minimum atomic E-state index is 0.403. The van der Waals surface area contributed by atoms with Crippen LogP contribution in [0.2, 0.25) is 0 Å². The molecule has 1 aromatic carbocycles. The normalized spacial score (nSPS) is 11.0. The number of nitrogens with one attached hydrogen (secondary N) is 2. The van der Waals surface area contributed by atoms with Gasteiger partial charge in [-0.05, 0) is 18.3 Å². The SMILES string of the molecule is Nn1c(-c2c[nH]c3ccccc23)n[nH]c1=S. The van der Waals surface area contributed by atoms with Crippen molar-refractivity contribution in [3.05, 3.63) is 35.2 Å². The summed E-state index contributed by atoms with van der Waals surface area (Å²) in [6.07, 6.45) is 1.87. The number of fused-ring (bicyclic) bond motifs is 1. The van der Waals surface area contributed by atoms with Crippen molar-refractivity contribution >= 4 is 23.1 Å². The molecule has 0 unspecified atom stereocenters. The van der Waals surface area contributed by atoms with Crippen LogP contribution in [0.1, 0.15) is 0 Å². The van der Waals surface area contributed by atoms with Gasteiger partial charge in [-0.15, -0.1) is 0 Å². The summed E-state index contributed by atoms with van der Waals surface area (Å²) in [5.74, 6) is 6.42. The molecule has 0 saturated carbocycles. The molecule has 2 aromatic heterocycles. The van der Waals surface area contributed by atoms with Crippen molar-refractivity contribution < 1.29 is 0 Å². The molecule has 0 bridgehead atoms. The van der Waals surface area contributed by atoms with Crippen molar-refractivity contribution in [3.63, 3.8) is 0 Å². The molecule has 6 heteroatoms. The van der Waals surface area contributed by atoms with Gasteiger partial charge in [0.05, 0.1) is 0 Å². The van der Waals surface area contributed by atoms with Crippen LogP contribution in [0.5, 0.6) is 0 Å². The molecule has 3 rings (SSSR count). The van der Waals surface area contributed by atoms with Crippen LogP contribution in [0.3, 0.4) is 0 Å². The van der Waals surface area contributed by atoms with Crippen LogP contribution in [0.25, 0.3) is 22.3 Å². The Balaban J connectivity index is 2.34. The number of hydrogen-bond acceptors (Lipinski definition) is 3. The number of nitrogens with zero attached hydrogens (tertiary/aromatic N) is 2. The maximum atomic E-state index is 5.79.